The molecule has 4 unspecified atom stereocenters. The number of benzene rings is 6. The average molecular weight is 1030 g/mol. The first-order valence-electron chi connectivity index (χ1n) is 30.7. The molecule has 4 heteroatoms. The Kier molecular flexibility index (Phi) is 10.1. The van der Waals surface area contributed by atoms with E-state index >= 15 is 0 Å². The Labute approximate surface area is 471 Å². The van der Waals surface area contributed by atoms with Crippen molar-refractivity contribution in [2.45, 2.75) is 238 Å². The quantitative estimate of drug-likeness (QED) is 0.152. The van der Waals surface area contributed by atoms with E-state index in [-0.39, 0.29) is 55.6 Å². The van der Waals surface area contributed by atoms with Crippen LogP contribution in [0.3, 0.4) is 0 Å². The molecular weight excluding hydrogens is 942 g/mol. The van der Waals surface area contributed by atoms with Crippen molar-refractivity contribution in [1.82, 2.24) is 0 Å². The smallest absolute Gasteiger partial charge is 0.252 e. The van der Waals surface area contributed by atoms with Crippen molar-refractivity contribution < 1.29 is 0 Å². The summed E-state index contributed by atoms with van der Waals surface area (Å²) in [6.07, 6.45) is 10.8. The van der Waals surface area contributed by atoms with Gasteiger partial charge in [-0.05, 0) is 255 Å². The average Bonchev–Trinajstić information content (AvgIpc) is 3.35. The second-order valence-electron chi connectivity index (χ2n) is 32.1. The van der Waals surface area contributed by atoms with Crippen molar-refractivity contribution in [3.8, 4) is 0 Å². The van der Waals surface area contributed by atoms with Crippen LogP contribution in [0, 0.1) is 26.7 Å². The van der Waals surface area contributed by atoms with E-state index in [4.69, 9.17) is 0 Å². The SMILES string of the molecule is Cc1cc2c3c(c1)N(c1cc4c(cc1C)C(C)(C)CCC4(C)C)c1cc4c(cc1B3c1ccc3cc1N2c1cc2c(cc1C)C(C)(C)CCC2(C)C1CCC2(C)c5cc(C(C)(C)C)ccc5N3C2(C)C1)C(C)(C)CCC4(C)C. The van der Waals surface area contributed by atoms with Gasteiger partial charge in [0, 0.05) is 50.9 Å². The molecule has 6 aromatic rings. The lowest BCUT2D eigenvalue weighted by Gasteiger charge is -2.58. The van der Waals surface area contributed by atoms with Gasteiger partial charge in [0.15, 0.2) is 0 Å². The minimum atomic E-state index is -0.140. The van der Waals surface area contributed by atoms with Gasteiger partial charge in [0.25, 0.3) is 6.71 Å². The fourth-order valence-corrected chi connectivity index (χ4v) is 18.2. The molecule has 78 heavy (non-hydrogen) atoms. The lowest BCUT2D eigenvalue weighted by Crippen LogP contribution is -2.62. The minimum absolute atomic E-state index is 0.0187. The molecule has 4 atom stereocenters. The number of rotatable bonds is 1. The molecule has 1 fully saturated rings. The molecule has 404 valence electrons. The Morgan fingerprint density at radius 3 is 1.49 bits per heavy atom. The zero-order chi connectivity index (χ0) is 55.4. The molecule has 4 aliphatic carbocycles. The molecule has 4 heterocycles. The summed E-state index contributed by atoms with van der Waals surface area (Å²) in [5.74, 6) is 0.538. The van der Waals surface area contributed by atoms with E-state index in [1.807, 2.05) is 0 Å². The van der Waals surface area contributed by atoms with Crippen LogP contribution < -0.4 is 31.1 Å². The third kappa shape index (κ3) is 6.53. The fraction of sp³-hybridized carbons (Fsp3) is 0.514. The Morgan fingerprint density at radius 2 is 0.923 bits per heavy atom. The van der Waals surface area contributed by atoms with Crippen LogP contribution in [0.25, 0.3) is 0 Å². The molecule has 3 nitrogen and oxygen atoms in total. The topological polar surface area (TPSA) is 9.72 Å². The van der Waals surface area contributed by atoms with Crippen LogP contribution in [0.2, 0.25) is 0 Å². The monoisotopic (exact) mass is 1030 g/mol. The first-order valence-corrected chi connectivity index (χ1v) is 30.7. The van der Waals surface area contributed by atoms with E-state index in [1.54, 1.807) is 16.7 Å². The molecule has 0 radical (unpaired) electrons. The zero-order valence-electron chi connectivity index (χ0n) is 51.4. The minimum Gasteiger partial charge on any atom is -0.334 e. The van der Waals surface area contributed by atoms with E-state index in [1.165, 1.54) is 158 Å². The Morgan fingerprint density at radius 1 is 0.436 bits per heavy atom. The summed E-state index contributed by atoms with van der Waals surface area (Å²) in [4.78, 5) is 8.49. The molecule has 6 aromatic carbocycles. The summed E-state index contributed by atoms with van der Waals surface area (Å²) in [6.45, 7) is 47.6. The highest BCUT2D eigenvalue weighted by molar-refractivity contribution is 7.00. The van der Waals surface area contributed by atoms with Crippen molar-refractivity contribution in [1.29, 1.82) is 0 Å². The van der Waals surface area contributed by atoms with Gasteiger partial charge in [0.2, 0.25) is 0 Å². The van der Waals surface area contributed by atoms with Gasteiger partial charge in [-0.1, -0.05) is 140 Å². The van der Waals surface area contributed by atoms with E-state index < -0.39 is 0 Å². The van der Waals surface area contributed by atoms with Gasteiger partial charge in [-0.15, -0.1) is 0 Å². The second kappa shape index (κ2) is 15.4. The van der Waals surface area contributed by atoms with Crippen LogP contribution >= 0.6 is 0 Å². The van der Waals surface area contributed by atoms with E-state index in [2.05, 4.69) is 231 Å². The van der Waals surface area contributed by atoms with E-state index in [0.717, 1.165) is 6.42 Å². The van der Waals surface area contributed by atoms with Crippen LogP contribution in [-0.4, -0.2) is 12.3 Å². The lowest BCUT2D eigenvalue weighted by atomic mass is 9.33. The summed E-state index contributed by atoms with van der Waals surface area (Å²) >= 11 is 0. The largest absolute Gasteiger partial charge is 0.334 e. The molecule has 14 rings (SSSR count). The highest BCUT2D eigenvalue weighted by Crippen LogP contribution is 2.66. The van der Waals surface area contributed by atoms with Crippen LogP contribution in [0.4, 0.5) is 45.5 Å². The van der Waals surface area contributed by atoms with Crippen molar-refractivity contribution in [2.24, 2.45) is 5.92 Å². The van der Waals surface area contributed by atoms with Crippen LogP contribution in [0.5, 0.6) is 0 Å². The zero-order valence-corrected chi connectivity index (χ0v) is 51.4. The predicted octanol–water partition coefficient (Wildman–Crippen LogP) is 18.0. The van der Waals surface area contributed by atoms with Gasteiger partial charge < -0.3 is 14.7 Å². The molecule has 0 aromatic heterocycles. The second-order valence-corrected chi connectivity index (χ2v) is 32.1. The Hall–Kier alpha value is -5.22. The molecule has 8 aliphatic rings. The first-order chi connectivity index (χ1) is 36.3. The van der Waals surface area contributed by atoms with Gasteiger partial charge >= 0.3 is 0 Å². The number of nitrogens with zero attached hydrogens (tertiary/aromatic N) is 3. The number of hydrogen-bond donors (Lipinski definition) is 0. The maximum atomic E-state index is 2.90. The van der Waals surface area contributed by atoms with Crippen LogP contribution in [0.15, 0.2) is 84.9 Å². The van der Waals surface area contributed by atoms with Crippen molar-refractivity contribution in [3.63, 3.8) is 0 Å². The first kappa shape index (κ1) is 51.0. The van der Waals surface area contributed by atoms with Crippen molar-refractivity contribution in [2.75, 3.05) is 14.7 Å². The normalized spacial score (nSPS) is 27.4. The van der Waals surface area contributed by atoms with Crippen LogP contribution in [-0.2, 0) is 43.3 Å². The van der Waals surface area contributed by atoms with E-state index in [0.29, 0.717) is 5.92 Å². The summed E-state index contributed by atoms with van der Waals surface area (Å²) in [5, 5.41) is 0. The maximum Gasteiger partial charge on any atom is 0.252 e. The number of hydrogen-bond acceptors (Lipinski definition) is 3. The molecular formula is C74H90BN3. The molecule has 0 spiro atoms. The lowest BCUT2D eigenvalue weighted by molar-refractivity contribution is 0.0840. The number of anilines is 8. The third-order valence-corrected chi connectivity index (χ3v) is 23.9. The highest BCUT2D eigenvalue weighted by atomic mass is 15.3. The maximum absolute atomic E-state index is 2.90. The summed E-state index contributed by atoms with van der Waals surface area (Å²) in [5.41, 5.74) is 31.8. The van der Waals surface area contributed by atoms with Crippen LogP contribution in [0.1, 0.15) is 230 Å². The Bertz CT molecular complexity index is 3650. The molecule has 0 amide bonds. The summed E-state index contributed by atoms with van der Waals surface area (Å²) < 4.78 is 0. The standard InChI is InChI=1S/C74H90BN3/c1-43-32-63-65-64(33-43)77(59-39-52-49(34-44(59)2)67(7,8)26-28-69(52,11)12)62-40-53-51(68(9,10)27-29-70(53,13)14)38-57(62)75(65)56-22-21-48-37-61(56)76(63)60-41-54-50(35-45(60)3)71(15,16)30-31-72(54,17)47-24-25-73(18)55-36-46(66(4,5)6)20-23-58(55)78(48)74(73,19)42-47/h20-23,32-41,47H,24-31,42H2,1-19H3. The molecule has 0 saturated heterocycles. The molecule has 1 saturated carbocycles. The number of fused-ring (bicyclic) bond motifs is 15. The molecule has 4 aliphatic heterocycles. The van der Waals surface area contributed by atoms with Gasteiger partial charge in [0.1, 0.15) is 0 Å². The van der Waals surface area contributed by atoms with Gasteiger partial charge in [-0.3, -0.25) is 0 Å². The molecule has 6 bridgehead atoms. The van der Waals surface area contributed by atoms with Crippen molar-refractivity contribution in [3.05, 3.63) is 146 Å². The summed E-state index contributed by atoms with van der Waals surface area (Å²) in [7, 11) is 0. The van der Waals surface area contributed by atoms with Gasteiger partial charge in [-0.2, -0.15) is 0 Å². The van der Waals surface area contributed by atoms with E-state index in [9.17, 15) is 0 Å². The van der Waals surface area contributed by atoms with Gasteiger partial charge in [0.05, 0.1) is 5.54 Å². The summed E-state index contributed by atoms with van der Waals surface area (Å²) in [6, 6.07) is 36.8. The Balaban J connectivity index is 1.11. The van der Waals surface area contributed by atoms with Gasteiger partial charge in [-0.25, -0.2) is 0 Å². The molecule has 0 N–H and O–H groups in total. The van der Waals surface area contributed by atoms with Crippen molar-refractivity contribution >= 4 is 68.6 Å². The predicted molar refractivity (Wildman–Crippen MR) is 335 cm³/mol. The number of aryl methyl sites for hydroxylation is 3. The highest BCUT2D eigenvalue weighted by Gasteiger charge is 2.62. The third-order valence-electron chi connectivity index (χ3n) is 23.9. The fourth-order valence-electron chi connectivity index (χ4n) is 18.2.